The Kier molecular flexibility index (Phi) is 3.70. The lowest BCUT2D eigenvalue weighted by atomic mass is 10.1. The molecule has 110 valence electrons. The van der Waals surface area contributed by atoms with Gasteiger partial charge in [0.2, 0.25) is 11.7 Å². The van der Waals surface area contributed by atoms with Gasteiger partial charge in [-0.05, 0) is 30.7 Å². The van der Waals surface area contributed by atoms with E-state index >= 15 is 0 Å². The molecular formula is C17H15N3O2. The third-order valence-corrected chi connectivity index (χ3v) is 3.30. The van der Waals surface area contributed by atoms with E-state index in [9.17, 15) is 4.79 Å². The molecule has 0 atom stereocenters. The van der Waals surface area contributed by atoms with Crippen molar-refractivity contribution >= 4 is 11.6 Å². The number of rotatable bonds is 3. The summed E-state index contributed by atoms with van der Waals surface area (Å²) >= 11 is 0. The lowest BCUT2D eigenvalue weighted by Crippen LogP contribution is -2.13. The number of carbonyl (C=O) groups excluding carboxylic acids is 1. The first-order valence-electron chi connectivity index (χ1n) is 6.91. The first kappa shape index (κ1) is 14.0. The molecule has 0 fully saturated rings. The number of benzene rings is 2. The molecule has 2 aromatic carbocycles. The van der Waals surface area contributed by atoms with Gasteiger partial charge in [-0.15, -0.1) is 0 Å². The molecule has 0 saturated carbocycles. The van der Waals surface area contributed by atoms with E-state index in [0.29, 0.717) is 23.0 Å². The van der Waals surface area contributed by atoms with Gasteiger partial charge in [-0.3, -0.25) is 4.79 Å². The van der Waals surface area contributed by atoms with Crippen molar-refractivity contribution in [3.63, 3.8) is 0 Å². The van der Waals surface area contributed by atoms with Crippen molar-refractivity contribution in [1.82, 2.24) is 10.1 Å². The third kappa shape index (κ3) is 2.88. The van der Waals surface area contributed by atoms with E-state index < -0.39 is 0 Å². The van der Waals surface area contributed by atoms with Crippen molar-refractivity contribution in [1.29, 1.82) is 0 Å². The average Bonchev–Trinajstić information content (AvgIpc) is 2.94. The number of nitrogens with zero attached hydrogens (tertiary/aromatic N) is 2. The molecule has 0 aliphatic heterocycles. The predicted octanol–water partition coefficient (Wildman–Crippen LogP) is 3.61. The largest absolute Gasteiger partial charge is 0.339 e. The van der Waals surface area contributed by atoms with E-state index in [4.69, 9.17) is 4.52 Å². The SMILES string of the molecule is Cc1nc(-c2cccc(NC(=O)c3ccccc3C)c2)no1. The maximum atomic E-state index is 12.3. The van der Waals surface area contributed by atoms with Gasteiger partial charge in [0.15, 0.2) is 0 Å². The normalized spacial score (nSPS) is 10.5. The van der Waals surface area contributed by atoms with Gasteiger partial charge >= 0.3 is 0 Å². The van der Waals surface area contributed by atoms with Crippen molar-refractivity contribution in [2.75, 3.05) is 5.32 Å². The molecule has 22 heavy (non-hydrogen) atoms. The van der Waals surface area contributed by atoms with Crippen LogP contribution in [-0.2, 0) is 0 Å². The summed E-state index contributed by atoms with van der Waals surface area (Å²) in [5, 5.41) is 6.77. The zero-order valence-electron chi connectivity index (χ0n) is 12.3. The topological polar surface area (TPSA) is 68.0 Å². The highest BCUT2D eigenvalue weighted by atomic mass is 16.5. The number of hydrogen-bond acceptors (Lipinski definition) is 4. The molecule has 0 aliphatic carbocycles. The molecule has 1 heterocycles. The standard InChI is InChI=1S/C17H15N3O2/c1-11-6-3-4-9-15(11)17(21)19-14-8-5-7-13(10-14)16-18-12(2)22-20-16/h3-10H,1-2H3,(H,19,21). The highest BCUT2D eigenvalue weighted by molar-refractivity contribution is 6.05. The fourth-order valence-corrected chi connectivity index (χ4v) is 2.18. The number of carbonyl (C=O) groups is 1. The molecule has 1 N–H and O–H groups in total. The van der Waals surface area contributed by atoms with Gasteiger partial charge in [0.05, 0.1) is 0 Å². The molecule has 1 amide bonds. The Bertz CT molecular complexity index is 824. The van der Waals surface area contributed by atoms with Crippen LogP contribution in [0.5, 0.6) is 0 Å². The number of hydrogen-bond donors (Lipinski definition) is 1. The summed E-state index contributed by atoms with van der Waals surface area (Å²) in [5.74, 6) is 0.869. The number of nitrogens with one attached hydrogen (secondary N) is 1. The minimum Gasteiger partial charge on any atom is -0.339 e. The summed E-state index contributed by atoms with van der Waals surface area (Å²) in [7, 11) is 0. The van der Waals surface area contributed by atoms with Crippen LogP contribution in [0.4, 0.5) is 5.69 Å². The minimum atomic E-state index is -0.139. The van der Waals surface area contributed by atoms with Gasteiger partial charge in [0.25, 0.3) is 5.91 Å². The fraction of sp³-hybridized carbons (Fsp3) is 0.118. The first-order valence-corrected chi connectivity index (χ1v) is 6.91. The highest BCUT2D eigenvalue weighted by Gasteiger charge is 2.10. The zero-order chi connectivity index (χ0) is 15.5. The molecule has 5 nitrogen and oxygen atoms in total. The van der Waals surface area contributed by atoms with Crippen molar-refractivity contribution in [3.05, 3.63) is 65.5 Å². The summed E-state index contributed by atoms with van der Waals surface area (Å²) in [6.07, 6.45) is 0. The van der Waals surface area contributed by atoms with E-state index in [-0.39, 0.29) is 5.91 Å². The number of amides is 1. The molecule has 0 aliphatic rings. The maximum Gasteiger partial charge on any atom is 0.255 e. The van der Waals surface area contributed by atoms with Gasteiger partial charge in [-0.2, -0.15) is 4.98 Å². The van der Waals surface area contributed by atoms with Gasteiger partial charge in [-0.1, -0.05) is 35.5 Å². The average molecular weight is 293 g/mol. The molecule has 5 heteroatoms. The van der Waals surface area contributed by atoms with Crippen LogP contribution in [0.2, 0.25) is 0 Å². The third-order valence-electron chi connectivity index (χ3n) is 3.30. The van der Waals surface area contributed by atoms with Crippen molar-refractivity contribution in [2.45, 2.75) is 13.8 Å². The molecule has 3 aromatic rings. The number of aromatic nitrogens is 2. The second-order valence-electron chi connectivity index (χ2n) is 4.99. The van der Waals surface area contributed by atoms with Gasteiger partial charge in [-0.25, -0.2) is 0 Å². The van der Waals surface area contributed by atoms with Gasteiger partial charge < -0.3 is 9.84 Å². The summed E-state index contributed by atoms with van der Waals surface area (Å²) < 4.78 is 4.98. The molecule has 3 rings (SSSR count). The Hall–Kier alpha value is -2.95. The van der Waals surface area contributed by atoms with Crippen LogP contribution in [0.15, 0.2) is 53.1 Å². The molecule has 0 radical (unpaired) electrons. The van der Waals surface area contributed by atoms with Gasteiger partial charge in [0, 0.05) is 23.7 Å². The minimum absolute atomic E-state index is 0.139. The van der Waals surface area contributed by atoms with Crippen LogP contribution >= 0.6 is 0 Å². The summed E-state index contributed by atoms with van der Waals surface area (Å²) in [4.78, 5) is 16.5. The van der Waals surface area contributed by atoms with E-state index in [1.807, 2.05) is 49.4 Å². The van der Waals surface area contributed by atoms with E-state index in [0.717, 1.165) is 11.1 Å². The Morgan fingerprint density at radius 2 is 1.91 bits per heavy atom. The number of aryl methyl sites for hydroxylation is 2. The zero-order valence-corrected chi connectivity index (χ0v) is 12.3. The van der Waals surface area contributed by atoms with Crippen molar-refractivity contribution < 1.29 is 9.32 Å². The smallest absolute Gasteiger partial charge is 0.255 e. The Labute approximate surface area is 128 Å². The molecule has 0 spiro atoms. The molecule has 0 saturated heterocycles. The van der Waals surface area contributed by atoms with Crippen molar-refractivity contribution in [3.8, 4) is 11.4 Å². The molecule has 1 aromatic heterocycles. The fourth-order valence-electron chi connectivity index (χ4n) is 2.18. The first-order chi connectivity index (χ1) is 10.6. The van der Waals surface area contributed by atoms with E-state index in [2.05, 4.69) is 15.5 Å². The van der Waals surface area contributed by atoms with Crippen LogP contribution in [0.25, 0.3) is 11.4 Å². The van der Waals surface area contributed by atoms with Crippen LogP contribution in [-0.4, -0.2) is 16.0 Å². The van der Waals surface area contributed by atoms with Gasteiger partial charge in [0.1, 0.15) is 0 Å². The lowest BCUT2D eigenvalue weighted by Gasteiger charge is -2.08. The maximum absolute atomic E-state index is 12.3. The second kappa shape index (κ2) is 5.81. The second-order valence-corrected chi connectivity index (χ2v) is 4.99. The number of anilines is 1. The monoisotopic (exact) mass is 293 g/mol. The predicted molar refractivity (Wildman–Crippen MR) is 83.6 cm³/mol. The quantitative estimate of drug-likeness (QED) is 0.801. The molecule has 0 bridgehead atoms. The van der Waals surface area contributed by atoms with Crippen LogP contribution in [0.3, 0.4) is 0 Å². The Balaban J connectivity index is 1.84. The van der Waals surface area contributed by atoms with Crippen molar-refractivity contribution in [2.24, 2.45) is 0 Å². The summed E-state index contributed by atoms with van der Waals surface area (Å²) in [6, 6.07) is 14.8. The summed E-state index contributed by atoms with van der Waals surface area (Å²) in [6.45, 7) is 3.65. The highest BCUT2D eigenvalue weighted by Crippen LogP contribution is 2.20. The summed E-state index contributed by atoms with van der Waals surface area (Å²) in [5.41, 5.74) is 3.07. The van der Waals surface area contributed by atoms with E-state index in [1.54, 1.807) is 13.0 Å². The van der Waals surface area contributed by atoms with Crippen LogP contribution in [0, 0.1) is 13.8 Å². The molecular weight excluding hydrogens is 278 g/mol. The van der Waals surface area contributed by atoms with E-state index in [1.165, 1.54) is 0 Å². The van der Waals surface area contributed by atoms with Crippen LogP contribution in [0.1, 0.15) is 21.8 Å². The van der Waals surface area contributed by atoms with Crippen LogP contribution < -0.4 is 5.32 Å². The Morgan fingerprint density at radius 1 is 1.09 bits per heavy atom. The molecule has 0 unspecified atom stereocenters. The lowest BCUT2D eigenvalue weighted by molar-refractivity contribution is 0.102. The Morgan fingerprint density at radius 3 is 2.64 bits per heavy atom.